The van der Waals surface area contributed by atoms with Crippen molar-refractivity contribution in [1.29, 1.82) is 0 Å². The van der Waals surface area contributed by atoms with Gasteiger partial charge in [-0.15, -0.1) is 11.3 Å². The third-order valence-electron chi connectivity index (χ3n) is 5.19. The highest BCUT2D eigenvalue weighted by Gasteiger charge is 2.28. The molecular weight excluding hydrogens is 521 g/mol. The first-order valence-electron chi connectivity index (χ1n) is 10.9. The molecule has 2 heterocycles. The van der Waals surface area contributed by atoms with Crippen LogP contribution in [-0.2, 0) is 9.53 Å². The first kappa shape index (κ1) is 24.1. The van der Waals surface area contributed by atoms with E-state index >= 15 is 0 Å². The molecule has 0 fully saturated rings. The maximum Gasteiger partial charge on any atom is 0.363 e. The Kier molecular flexibility index (Phi) is 6.78. The van der Waals surface area contributed by atoms with Gasteiger partial charge in [-0.25, -0.2) is 14.6 Å². The van der Waals surface area contributed by atoms with E-state index in [1.165, 1.54) is 11.3 Å². The van der Waals surface area contributed by atoms with Crippen LogP contribution in [-0.4, -0.2) is 24.4 Å². The van der Waals surface area contributed by atoms with E-state index in [9.17, 15) is 9.59 Å². The van der Waals surface area contributed by atoms with E-state index in [-0.39, 0.29) is 17.3 Å². The number of hydrogen-bond donors (Lipinski definition) is 0. The Labute approximate surface area is 220 Å². The first-order valence-corrected chi connectivity index (χ1v) is 12.4. The lowest BCUT2D eigenvalue weighted by Gasteiger charge is -2.11. The minimum atomic E-state index is -0.603. The van der Waals surface area contributed by atoms with E-state index in [0.717, 1.165) is 10.1 Å². The average molecular weight is 538 g/mol. The summed E-state index contributed by atoms with van der Waals surface area (Å²) in [4.78, 5) is 29.9. The summed E-state index contributed by atoms with van der Waals surface area (Å²) >= 11 is 13.9. The Hall–Kier alpha value is -3.65. The fraction of sp³-hybridized carbons (Fsp3) is 0.0741. The zero-order chi connectivity index (χ0) is 25.2. The summed E-state index contributed by atoms with van der Waals surface area (Å²) in [5.41, 5.74) is 1.14. The third kappa shape index (κ3) is 4.86. The van der Waals surface area contributed by atoms with Crippen molar-refractivity contribution in [3.63, 3.8) is 0 Å². The number of aliphatic imine (C=N–C) groups is 1. The van der Waals surface area contributed by atoms with Crippen molar-refractivity contribution < 1.29 is 23.8 Å². The van der Waals surface area contributed by atoms with E-state index in [1.807, 2.05) is 19.1 Å². The largest absolute Gasteiger partial charge is 0.490 e. The van der Waals surface area contributed by atoms with Gasteiger partial charge in [0.2, 0.25) is 5.90 Å². The molecule has 0 bridgehead atoms. The van der Waals surface area contributed by atoms with Crippen LogP contribution in [0.5, 0.6) is 11.5 Å². The Morgan fingerprint density at radius 2 is 1.86 bits per heavy atom. The van der Waals surface area contributed by atoms with E-state index in [1.54, 1.807) is 60.7 Å². The maximum absolute atomic E-state index is 12.6. The summed E-state index contributed by atoms with van der Waals surface area (Å²) in [6.45, 7) is 2.18. The van der Waals surface area contributed by atoms with Gasteiger partial charge in [-0.2, -0.15) is 0 Å². The highest BCUT2D eigenvalue weighted by molar-refractivity contribution is 7.21. The molecule has 4 aromatic rings. The summed E-state index contributed by atoms with van der Waals surface area (Å²) in [6.07, 6.45) is 1.57. The van der Waals surface area contributed by atoms with Crippen molar-refractivity contribution in [2.75, 3.05) is 6.61 Å². The molecule has 0 unspecified atom stereocenters. The summed E-state index contributed by atoms with van der Waals surface area (Å²) < 4.78 is 17.5. The van der Waals surface area contributed by atoms with Crippen LogP contribution in [0.15, 0.2) is 77.4 Å². The quantitative estimate of drug-likeness (QED) is 0.148. The first-order chi connectivity index (χ1) is 17.4. The topological polar surface area (TPSA) is 74.2 Å². The minimum absolute atomic E-state index is 0.105. The second-order valence-electron chi connectivity index (χ2n) is 7.62. The predicted molar refractivity (Wildman–Crippen MR) is 141 cm³/mol. The lowest BCUT2D eigenvalue weighted by Crippen LogP contribution is -2.09. The molecule has 9 heteroatoms. The van der Waals surface area contributed by atoms with E-state index < -0.39 is 11.9 Å². The maximum atomic E-state index is 12.6. The molecule has 0 amide bonds. The second kappa shape index (κ2) is 10.1. The molecule has 6 nitrogen and oxygen atoms in total. The molecule has 1 aromatic heterocycles. The van der Waals surface area contributed by atoms with Crippen LogP contribution >= 0.6 is 34.5 Å². The molecular formula is C27H17Cl2NO5S. The van der Waals surface area contributed by atoms with E-state index in [0.29, 0.717) is 38.4 Å². The predicted octanol–water partition coefficient (Wildman–Crippen LogP) is 7.17. The summed E-state index contributed by atoms with van der Waals surface area (Å²) in [5.74, 6) is -0.350. The van der Waals surface area contributed by atoms with Gasteiger partial charge < -0.3 is 14.2 Å². The van der Waals surface area contributed by atoms with Crippen molar-refractivity contribution in [3.8, 4) is 11.5 Å². The van der Waals surface area contributed by atoms with Crippen LogP contribution < -0.4 is 9.47 Å². The number of benzene rings is 3. The molecule has 36 heavy (non-hydrogen) atoms. The summed E-state index contributed by atoms with van der Waals surface area (Å²) in [6, 6.07) is 19.0. The molecule has 0 N–H and O–H groups in total. The molecule has 0 saturated carbocycles. The highest BCUT2D eigenvalue weighted by Crippen LogP contribution is 2.39. The van der Waals surface area contributed by atoms with Crippen molar-refractivity contribution in [3.05, 3.63) is 98.5 Å². The lowest BCUT2D eigenvalue weighted by atomic mass is 10.1. The van der Waals surface area contributed by atoms with Gasteiger partial charge in [0.1, 0.15) is 4.88 Å². The monoisotopic (exact) mass is 537 g/mol. The van der Waals surface area contributed by atoms with Crippen LogP contribution in [0.1, 0.15) is 27.7 Å². The zero-order valence-electron chi connectivity index (χ0n) is 18.8. The number of nitrogens with zero attached hydrogens (tertiary/aromatic N) is 1. The van der Waals surface area contributed by atoms with Gasteiger partial charge in [0.25, 0.3) is 0 Å². The number of carbonyl (C=O) groups is 2. The number of carbonyl (C=O) groups excluding carboxylic acids is 2. The second-order valence-corrected chi connectivity index (χ2v) is 9.48. The molecule has 0 saturated heterocycles. The number of rotatable bonds is 6. The molecule has 0 spiro atoms. The van der Waals surface area contributed by atoms with Gasteiger partial charge in [0.05, 0.1) is 17.2 Å². The molecule has 0 radical (unpaired) electrons. The van der Waals surface area contributed by atoms with Crippen LogP contribution in [0, 0.1) is 0 Å². The number of ether oxygens (including phenoxy) is 3. The fourth-order valence-corrected chi connectivity index (χ4v) is 5.26. The van der Waals surface area contributed by atoms with Gasteiger partial charge in [-0.05, 0) is 55.0 Å². The third-order valence-corrected chi connectivity index (χ3v) is 7.07. The lowest BCUT2D eigenvalue weighted by molar-refractivity contribution is -0.129. The SMILES string of the molecule is CCOc1cc(/C=C2/N=C(c3sc4cc(Cl)ccc4c3Cl)OC2=O)ccc1OC(=O)c1ccccc1. The summed E-state index contributed by atoms with van der Waals surface area (Å²) in [7, 11) is 0. The van der Waals surface area contributed by atoms with Gasteiger partial charge >= 0.3 is 11.9 Å². The molecule has 5 rings (SSSR count). The van der Waals surface area contributed by atoms with E-state index in [2.05, 4.69) is 4.99 Å². The smallest absolute Gasteiger partial charge is 0.363 e. The number of cyclic esters (lactones) is 1. The van der Waals surface area contributed by atoms with Crippen molar-refractivity contribution in [1.82, 2.24) is 0 Å². The Balaban J connectivity index is 1.44. The molecule has 3 aromatic carbocycles. The molecule has 0 atom stereocenters. The van der Waals surface area contributed by atoms with Crippen LogP contribution in [0.4, 0.5) is 0 Å². The van der Waals surface area contributed by atoms with Crippen molar-refractivity contribution in [2.45, 2.75) is 6.92 Å². The van der Waals surface area contributed by atoms with Crippen molar-refractivity contribution >= 4 is 68.5 Å². The van der Waals surface area contributed by atoms with Crippen LogP contribution in [0.2, 0.25) is 10.0 Å². The Bertz CT molecular complexity index is 1560. The number of thiophene rings is 1. The van der Waals surface area contributed by atoms with E-state index in [4.69, 9.17) is 37.4 Å². The van der Waals surface area contributed by atoms with Gasteiger partial charge in [0, 0.05) is 15.1 Å². The normalized spacial score (nSPS) is 14.1. The Morgan fingerprint density at radius 1 is 1.06 bits per heavy atom. The highest BCUT2D eigenvalue weighted by atomic mass is 35.5. The molecule has 1 aliphatic heterocycles. The van der Waals surface area contributed by atoms with Gasteiger partial charge in [-0.1, -0.05) is 53.5 Å². The molecule has 180 valence electrons. The van der Waals surface area contributed by atoms with Crippen LogP contribution in [0.3, 0.4) is 0 Å². The van der Waals surface area contributed by atoms with Crippen LogP contribution in [0.25, 0.3) is 16.2 Å². The minimum Gasteiger partial charge on any atom is -0.490 e. The standard InChI is InChI=1S/C27H17Cl2NO5S/c1-2-33-21-13-15(8-11-20(21)34-26(31)16-6-4-3-5-7-16)12-19-27(32)35-25(30-19)24-23(29)18-10-9-17(28)14-22(18)36-24/h3-14H,2H2,1H3/b19-12+. The Morgan fingerprint density at radius 3 is 2.64 bits per heavy atom. The zero-order valence-corrected chi connectivity index (χ0v) is 21.1. The number of fused-ring (bicyclic) bond motifs is 1. The number of esters is 2. The van der Waals surface area contributed by atoms with Crippen molar-refractivity contribution in [2.24, 2.45) is 4.99 Å². The molecule has 0 aliphatic carbocycles. The van der Waals surface area contributed by atoms with Gasteiger partial charge in [0.15, 0.2) is 17.2 Å². The average Bonchev–Trinajstić information content (AvgIpc) is 3.40. The fourth-order valence-electron chi connectivity index (χ4n) is 3.54. The number of hydrogen-bond acceptors (Lipinski definition) is 7. The number of halogens is 2. The summed E-state index contributed by atoms with van der Waals surface area (Å²) in [5, 5.41) is 1.84. The van der Waals surface area contributed by atoms with Gasteiger partial charge in [-0.3, -0.25) is 0 Å². The molecule has 1 aliphatic rings.